The Morgan fingerprint density at radius 2 is 2.00 bits per heavy atom. The molecule has 0 aliphatic heterocycles. The third-order valence-electron chi connectivity index (χ3n) is 4.28. The van der Waals surface area contributed by atoms with Gasteiger partial charge in [-0.05, 0) is 32.1 Å². The molecular weight excluding hydrogens is 254 g/mol. The third kappa shape index (κ3) is 3.68. The van der Waals surface area contributed by atoms with Gasteiger partial charge in [0.05, 0.1) is 24.0 Å². The number of hydrogen-bond acceptors (Lipinski definition) is 4. The summed E-state index contributed by atoms with van der Waals surface area (Å²) in [5.41, 5.74) is 1.70. The van der Waals surface area contributed by atoms with Crippen molar-refractivity contribution in [2.24, 2.45) is 5.41 Å². The number of rotatable bonds is 5. The van der Waals surface area contributed by atoms with Gasteiger partial charge >= 0.3 is 5.97 Å². The van der Waals surface area contributed by atoms with Gasteiger partial charge in [-0.25, -0.2) is 4.98 Å². The molecule has 2 N–H and O–H groups in total. The van der Waals surface area contributed by atoms with Crippen LogP contribution in [0.5, 0.6) is 0 Å². The minimum absolute atomic E-state index is 0.134. The van der Waals surface area contributed by atoms with Gasteiger partial charge in [0.2, 0.25) is 0 Å². The van der Waals surface area contributed by atoms with E-state index in [4.69, 9.17) is 5.11 Å². The lowest BCUT2D eigenvalue weighted by atomic mass is 9.72. The zero-order valence-electron chi connectivity index (χ0n) is 12.3. The number of anilines is 1. The minimum Gasteiger partial charge on any atom is -0.481 e. The van der Waals surface area contributed by atoms with Crippen molar-refractivity contribution in [1.29, 1.82) is 0 Å². The zero-order valence-corrected chi connectivity index (χ0v) is 12.3. The van der Waals surface area contributed by atoms with Gasteiger partial charge < -0.3 is 10.4 Å². The minimum atomic E-state index is -0.708. The second-order valence-corrected chi connectivity index (χ2v) is 5.91. The molecule has 5 nitrogen and oxygen atoms in total. The highest BCUT2D eigenvalue weighted by atomic mass is 16.4. The van der Waals surface area contributed by atoms with E-state index in [1.54, 1.807) is 6.20 Å². The maximum Gasteiger partial charge on any atom is 0.303 e. The molecule has 0 saturated heterocycles. The van der Waals surface area contributed by atoms with E-state index in [-0.39, 0.29) is 11.8 Å². The fourth-order valence-electron chi connectivity index (χ4n) is 2.94. The molecule has 1 aliphatic carbocycles. The predicted molar refractivity (Wildman–Crippen MR) is 77.8 cm³/mol. The fraction of sp³-hybridized carbons (Fsp3) is 0.667. The van der Waals surface area contributed by atoms with Gasteiger partial charge in [-0.15, -0.1) is 0 Å². The van der Waals surface area contributed by atoms with Crippen molar-refractivity contribution in [2.45, 2.75) is 52.4 Å². The Morgan fingerprint density at radius 1 is 1.30 bits per heavy atom. The number of carboxylic acid groups (broad SMARTS) is 1. The molecule has 0 aromatic carbocycles. The normalized spacial score (nSPS) is 17.7. The lowest BCUT2D eigenvalue weighted by Crippen LogP contribution is -2.34. The van der Waals surface area contributed by atoms with Crippen LogP contribution in [0.4, 0.5) is 5.82 Å². The maximum atomic E-state index is 11.1. The van der Waals surface area contributed by atoms with Crippen molar-refractivity contribution < 1.29 is 9.90 Å². The standard InChI is InChI=1S/C15H23N3O2/c1-11-12(2)18-13(9-16-11)17-10-15(8-14(19)20)6-4-3-5-7-15/h9H,3-8,10H2,1-2H3,(H,17,18)(H,19,20). The lowest BCUT2D eigenvalue weighted by Gasteiger charge is -2.36. The van der Waals surface area contributed by atoms with Crippen LogP contribution >= 0.6 is 0 Å². The van der Waals surface area contributed by atoms with Crippen molar-refractivity contribution in [3.05, 3.63) is 17.6 Å². The third-order valence-corrected chi connectivity index (χ3v) is 4.28. The quantitative estimate of drug-likeness (QED) is 0.865. The van der Waals surface area contributed by atoms with Crippen LogP contribution in [0.25, 0.3) is 0 Å². The van der Waals surface area contributed by atoms with E-state index in [0.717, 1.165) is 42.9 Å². The largest absolute Gasteiger partial charge is 0.481 e. The van der Waals surface area contributed by atoms with Gasteiger partial charge in [0, 0.05) is 6.54 Å². The molecule has 1 saturated carbocycles. The summed E-state index contributed by atoms with van der Waals surface area (Å²) in [5.74, 6) is 0.0308. The van der Waals surface area contributed by atoms with Crippen LogP contribution in [0.1, 0.15) is 49.9 Å². The molecule has 5 heteroatoms. The number of aliphatic carboxylic acids is 1. The van der Waals surface area contributed by atoms with Gasteiger partial charge in [0.15, 0.2) is 0 Å². The summed E-state index contributed by atoms with van der Waals surface area (Å²) < 4.78 is 0. The van der Waals surface area contributed by atoms with E-state index in [1.165, 1.54) is 6.42 Å². The molecule has 1 heterocycles. The summed E-state index contributed by atoms with van der Waals surface area (Å²) in [7, 11) is 0. The fourth-order valence-corrected chi connectivity index (χ4v) is 2.94. The van der Waals surface area contributed by atoms with E-state index in [0.29, 0.717) is 6.54 Å². The molecular formula is C15H23N3O2. The van der Waals surface area contributed by atoms with Crippen LogP contribution in [-0.2, 0) is 4.79 Å². The van der Waals surface area contributed by atoms with Crippen molar-refractivity contribution >= 4 is 11.8 Å². The molecule has 0 amide bonds. The number of aryl methyl sites for hydroxylation is 2. The summed E-state index contributed by atoms with van der Waals surface area (Å²) in [5, 5.41) is 12.4. The van der Waals surface area contributed by atoms with Gasteiger partial charge in [-0.2, -0.15) is 0 Å². The Labute approximate surface area is 119 Å². The Balaban J connectivity index is 2.04. The SMILES string of the molecule is Cc1ncc(NCC2(CC(=O)O)CCCCC2)nc1C. The average molecular weight is 277 g/mol. The Kier molecular flexibility index (Phi) is 4.57. The van der Waals surface area contributed by atoms with Crippen molar-refractivity contribution in [1.82, 2.24) is 9.97 Å². The first-order valence-electron chi connectivity index (χ1n) is 7.27. The second-order valence-electron chi connectivity index (χ2n) is 5.91. The van der Waals surface area contributed by atoms with Crippen LogP contribution in [-0.4, -0.2) is 27.6 Å². The molecule has 110 valence electrons. The first-order chi connectivity index (χ1) is 9.51. The van der Waals surface area contributed by atoms with E-state index < -0.39 is 5.97 Å². The second kappa shape index (κ2) is 6.20. The van der Waals surface area contributed by atoms with Crippen LogP contribution in [0.2, 0.25) is 0 Å². The first kappa shape index (κ1) is 14.8. The number of nitrogens with one attached hydrogen (secondary N) is 1. The highest BCUT2D eigenvalue weighted by molar-refractivity contribution is 5.67. The number of carbonyl (C=O) groups is 1. The molecule has 2 rings (SSSR count). The van der Waals surface area contributed by atoms with Gasteiger partial charge in [0.1, 0.15) is 5.82 Å². The molecule has 0 unspecified atom stereocenters. The summed E-state index contributed by atoms with van der Waals surface area (Å²) in [6.07, 6.45) is 7.36. The van der Waals surface area contributed by atoms with Crippen LogP contribution < -0.4 is 5.32 Å². The van der Waals surface area contributed by atoms with Gasteiger partial charge in [-0.1, -0.05) is 19.3 Å². The first-order valence-corrected chi connectivity index (χ1v) is 7.27. The van der Waals surface area contributed by atoms with Gasteiger partial charge in [-0.3, -0.25) is 9.78 Å². The van der Waals surface area contributed by atoms with E-state index in [1.807, 2.05) is 13.8 Å². The Morgan fingerprint density at radius 3 is 2.60 bits per heavy atom. The number of aromatic nitrogens is 2. The number of carboxylic acids is 1. The summed E-state index contributed by atoms with van der Waals surface area (Å²) in [6, 6.07) is 0. The van der Waals surface area contributed by atoms with Gasteiger partial charge in [0.25, 0.3) is 0 Å². The van der Waals surface area contributed by atoms with E-state index in [9.17, 15) is 4.79 Å². The smallest absolute Gasteiger partial charge is 0.303 e. The molecule has 20 heavy (non-hydrogen) atoms. The Bertz CT molecular complexity index is 482. The van der Waals surface area contributed by atoms with E-state index >= 15 is 0 Å². The molecule has 0 bridgehead atoms. The van der Waals surface area contributed by atoms with E-state index in [2.05, 4.69) is 15.3 Å². The maximum absolute atomic E-state index is 11.1. The summed E-state index contributed by atoms with van der Waals surface area (Å²) >= 11 is 0. The average Bonchev–Trinajstić information content (AvgIpc) is 2.40. The Hall–Kier alpha value is -1.65. The lowest BCUT2D eigenvalue weighted by molar-refractivity contribution is -0.140. The van der Waals surface area contributed by atoms with Crippen LogP contribution in [0, 0.1) is 19.3 Å². The molecule has 0 radical (unpaired) electrons. The molecule has 1 aromatic heterocycles. The molecule has 1 fully saturated rings. The topological polar surface area (TPSA) is 75.1 Å². The summed E-state index contributed by atoms with van der Waals surface area (Å²) in [4.78, 5) is 19.9. The van der Waals surface area contributed by atoms with Crippen molar-refractivity contribution in [2.75, 3.05) is 11.9 Å². The molecule has 0 atom stereocenters. The van der Waals surface area contributed by atoms with Crippen molar-refractivity contribution in [3.63, 3.8) is 0 Å². The van der Waals surface area contributed by atoms with Crippen LogP contribution in [0.15, 0.2) is 6.20 Å². The highest BCUT2D eigenvalue weighted by Crippen LogP contribution is 2.39. The van der Waals surface area contributed by atoms with Crippen LogP contribution in [0.3, 0.4) is 0 Å². The number of hydrogen-bond donors (Lipinski definition) is 2. The predicted octanol–water partition coefficient (Wildman–Crippen LogP) is 2.93. The molecule has 1 aliphatic rings. The number of nitrogens with zero attached hydrogens (tertiary/aromatic N) is 2. The highest BCUT2D eigenvalue weighted by Gasteiger charge is 2.34. The summed E-state index contributed by atoms with van der Waals surface area (Å²) in [6.45, 7) is 4.52. The molecule has 0 spiro atoms. The molecule has 1 aromatic rings. The monoisotopic (exact) mass is 277 g/mol. The zero-order chi connectivity index (χ0) is 14.6. The van der Waals surface area contributed by atoms with Crippen molar-refractivity contribution in [3.8, 4) is 0 Å².